The van der Waals surface area contributed by atoms with E-state index in [2.05, 4.69) is 5.92 Å². The van der Waals surface area contributed by atoms with Crippen molar-refractivity contribution >= 4 is 15.7 Å². The minimum atomic E-state index is -3.40. The van der Waals surface area contributed by atoms with Gasteiger partial charge < -0.3 is 5.73 Å². The molecular weight excluding hydrogens is 260 g/mol. The van der Waals surface area contributed by atoms with Crippen LogP contribution in [0.4, 0.5) is 5.69 Å². The molecule has 0 bridgehead atoms. The second-order valence-corrected chi connectivity index (χ2v) is 6.86. The summed E-state index contributed by atoms with van der Waals surface area (Å²) in [6.45, 7) is 0.658. The van der Waals surface area contributed by atoms with E-state index < -0.39 is 10.0 Å². The normalized spacial score (nSPS) is 15.4. The lowest BCUT2D eigenvalue weighted by Crippen LogP contribution is -2.34. The Hall–Kier alpha value is -1.51. The van der Waals surface area contributed by atoms with Crippen molar-refractivity contribution < 1.29 is 8.42 Å². The smallest absolute Gasteiger partial charge is 0.219 e. The molecule has 0 saturated heterocycles. The van der Waals surface area contributed by atoms with E-state index in [9.17, 15) is 8.42 Å². The number of nitrogens with two attached hydrogens (primary N) is 1. The number of hydrogen-bond acceptors (Lipinski definition) is 3. The lowest BCUT2D eigenvalue weighted by atomic mass is 10.2. The lowest BCUT2D eigenvalue weighted by Gasteiger charge is -2.20. The maximum atomic E-state index is 12.4. The van der Waals surface area contributed by atoms with Gasteiger partial charge in [-0.1, -0.05) is 24.1 Å². The SMILES string of the molecule is C#CCN(CC1CC1)S(=O)(=O)Cc1ccccc1N. The molecule has 1 fully saturated rings. The van der Waals surface area contributed by atoms with Crippen molar-refractivity contribution in [1.82, 2.24) is 4.31 Å². The molecule has 0 aliphatic heterocycles. The summed E-state index contributed by atoms with van der Waals surface area (Å²) < 4.78 is 26.2. The molecule has 19 heavy (non-hydrogen) atoms. The molecule has 0 heterocycles. The molecule has 2 N–H and O–H groups in total. The van der Waals surface area contributed by atoms with Crippen molar-refractivity contribution in [3.05, 3.63) is 29.8 Å². The molecule has 1 saturated carbocycles. The number of rotatable bonds is 6. The van der Waals surface area contributed by atoms with E-state index in [-0.39, 0.29) is 12.3 Å². The third-order valence-corrected chi connectivity index (χ3v) is 4.95. The molecule has 1 aromatic carbocycles. The monoisotopic (exact) mass is 278 g/mol. The second-order valence-electron chi connectivity index (χ2n) is 4.90. The quantitative estimate of drug-likeness (QED) is 0.632. The summed E-state index contributed by atoms with van der Waals surface area (Å²) in [5, 5.41) is 0. The third-order valence-electron chi connectivity index (χ3n) is 3.21. The number of sulfonamides is 1. The summed E-state index contributed by atoms with van der Waals surface area (Å²) in [5.41, 5.74) is 6.92. The van der Waals surface area contributed by atoms with Crippen LogP contribution < -0.4 is 5.73 Å². The average molecular weight is 278 g/mol. The minimum absolute atomic E-state index is 0.0892. The van der Waals surface area contributed by atoms with Gasteiger partial charge in [-0.25, -0.2) is 8.42 Å². The predicted octanol–water partition coefficient (Wildman–Crippen LogP) is 1.44. The minimum Gasteiger partial charge on any atom is -0.398 e. The fourth-order valence-electron chi connectivity index (χ4n) is 1.92. The number of hydrogen-bond donors (Lipinski definition) is 1. The molecule has 102 valence electrons. The zero-order valence-corrected chi connectivity index (χ0v) is 11.6. The fourth-order valence-corrected chi connectivity index (χ4v) is 3.47. The summed E-state index contributed by atoms with van der Waals surface area (Å²) in [4.78, 5) is 0. The molecule has 2 rings (SSSR count). The zero-order chi connectivity index (χ0) is 13.9. The Morgan fingerprint density at radius 1 is 1.37 bits per heavy atom. The van der Waals surface area contributed by atoms with Gasteiger partial charge in [0.15, 0.2) is 0 Å². The van der Waals surface area contributed by atoms with Gasteiger partial charge >= 0.3 is 0 Å². The molecule has 1 aliphatic rings. The lowest BCUT2D eigenvalue weighted by molar-refractivity contribution is 0.429. The van der Waals surface area contributed by atoms with Crippen LogP contribution in [0.25, 0.3) is 0 Å². The highest BCUT2D eigenvalue weighted by Gasteiger charge is 2.30. The van der Waals surface area contributed by atoms with Crippen LogP contribution in [0.5, 0.6) is 0 Å². The van der Waals surface area contributed by atoms with E-state index in [1.165, 1.54) is 4.31 Å². The molecule has 1 aliphatic carbocycles. The van der Waals surface area contributed by atoms with Crippen molar-refractivity contribution in [1.29, 1.82) is 0 Å². The van der Waals surface area contributed by atoms with Crippen LogP contribution in [0.2, 0.25) is 0 Å². The first-order valence-corrected chi connectivity index (χ1v) is 7.88. The van der Waals surface area contributed by atoms with Crippen LogP contribution in [-0.2, 0) is 15.8 Å². The molecule has 0 atom stereocenters. The Labute approximate surface area is 114 Å². The number of nitrogen functional groups attached to an aromatic ring is 1. The number of benzene rings is 1. The van der Waals surface area contributed by atoms with Gasteiger partial charge in [0.2, 0.25) is 10.0 Å². The maximum absolute atomic E-state index is 12.4. The van der Waals surface area contributed by atoms with Crippen molar-refractivity contribution in [3.8, 4) is 12.3 Å². The van der Waals surface area contributed by atoms with E-state index in [4.69, 9.17) is 12.2 Å². The Balaban J connectivity index is 2.15. The summed E-state index contributed by atoms with van der Waals surface area (Å²) >= 11 is 0. The van der Waals surface area contributed by atoms with Gasteiger partial charge in [0, 0.05) is 12.2 Å². The van der Waals surface area contributed by atoms with E-state index in [1.54, 1.807) is 24.3 Å². The Kier molecular flexibility index (Phi) is 4.13. The summed E-state index contributed by atoms with van der Waals surface area (Å²) in [6, 6.07) is 7.01. The van der Waals surface area contributed by atoms with Crippen LogP contribution in [-0.4, -0.2) is 25.8 Å². The van der Waals surface area contributed by atoms with Crippen molar-refractivity contribution in [2.75, 3.05) is 18.8 Å². The highest BCUT2D eigenvalue weighted by atomic mass is 32.2. The van der Waals surface area contributed by atoms with Gasteiger partial charge in [0.1, 0.15) is 0 Å². The Morgan fingerprint density at radius 2 is 2.05 bits per heavy atom. The van der Waals surface area contributed by atoms with Crippen LogP contribution >= 0.6 is 0 Å². The topological polar surface area (TPSA) is 63.4 Å². The highest BCUT2D eigenvalue weighted by molar-refractivity contribution is 7.88. The van der Waals surface area contributed by atoms with Gasteiger partial charge in [-0.3, -0.25) is 0 Å². The van der Waals surface area contributed by atoms with Crippen LogP contribution in [0.15, 0.2) is 24.3 Å². The van der Waals surface area contributed by atoms with E-state index in [1.807, 2.05) is 0 Å². The first kappa shape index (κ1) is 13.9. The molecule has 0 amide bonds. The van der Waals surface area contributed by atoms with Crippen molar-refractivity contribution in [3.63, 3.8) is 0 Å². The van der Waals surface area contributed by atoms with Gasteiger partial charge in [0.05, 0.1) is 12.3 Å². The number of nitrogens with zero attached hydrogens (tertiary/aromatic N) is 1. The third kappa shape index (κ3) is 3.72. The zero-order valence-electron chi connectivity index (χ0n) is 10.7. The standard InChI is InChI=1S/C14H18N2O2S/c1-2-9-16(10-12-7-8-12)19(17,18)11-13-5-3-4-6-14(13)15/h1,3-6,12H,7-11,15H2. The van der Waals surface area contributed by atoms with Gasteiger partial charge in [-0.05, 0) is 30.4 Å². The van der Waals surface area contributed by atoms with Crippen LogP contribution in [0.1, 0.15) is 18.4 Å². The Morgan fingerprint density at radius 3 is 2.63 bits per heavy atom. The molecule has 0 unspecified atom stereocenters. The molecule has 5 heteroatoms. The second kappa shape index (κ2) is 5.64. The van der Waals surface area contributed by atoms with E-state index >= 15 is 0 Å². The van der Waals surface area contributed by atoms with Gasteiger partial charge in [0.25, 0.3) is 0 Å². The first-order chi connectivity index (χ1) is 9.03. The largest absolute Gasteiger partial charge is 0.398 e. The molecule has 0 spiro atoms. The average Bonchev–Trinajstić information content (AvgIpc) is 3.15. The van der Waals surface area contributed by atoms with Crippen LogP contribution in [0.3, 0.4) is 0 Å². The summed E-state index contributed by atoms with van der Waals surface area (Å²) in [6.07, 6.45) is 7.44. The molecule has 4 nitrogen and oxygen atoms in total. The van der Waals surface area contributed by atoms with Crippen molar-refractivity contribution in [2.45, 2.75) is 18.6 Å². The summed E-state index contributed by atoms with van der Waals surface area (Å²) in [7, 11) is -3.40. The molecule has 1 aromatic rings. The van der Waals surface area contributed by atoms with Crippen molar-refractivity contribution in [2.24, 2.45) is 5.92 Å². The Bertz CT molecular complexity index is 586. The first-order valence-electron chi connectivity index (χ1n) is 6.27. The van der Waals surface area contributed by atoms with E-state index in [0.29, 0.717) is 23.7 Å². The molecular formula is C14H18N2O2S. The summed E-state index contributed by atoms with van der Waals surface area (Å²) in [5.74, 6) is 2.80. The molecule has 0 radical (unpaired) electrons. The van der Waals surface area contributed by atoms with Gasteiger partial charge in [-0.2, -0.15) is 4.31 Å². The van der Waals surface area contributed by atoms with Crippen LogP contribution in [0, 0.1) is 18.3 Å². The highest BCUT2D eigenvalue weighted by Crippen LogP contribution is 2.31. The maximum Gasteiger partial charge on any atom is 0.219 e. The molecule has 0 aromatic heterocycles. The predicted molar refractivity (Wildman–Crippen MR) is 76.6 cm³/mol. The fraction of sp³-hybridized carbons (Fsp3) is 0.429. The number of para-hydroxylation sites is 1. The number of terminal acetylenes is 1. The van der Waals surface area contributed by atoms with E-state index in [0.717, 1.165) is 12.8 Å². The van der Waals surface area contributed by atoms with Gasteiger partial charge in [-0.15, -0.1) is 6.42 Å². The number of anilines is 1.